The minimum Gasteiger partial charge on any atom is -0.476 e. The third-order valence-corrected chi connectivity index (χ3v) is 8.40. The van der Waals surface area contributed by atoms with Crippen LogP contribution >= 0.6 is 11.6 Å². The van der Waals surface area contributed by atoms with E-state index in [1.807, 2.05) is 0 Å². The highest BCUT2D eigenvalue weighted by Gasteiger charge is 2.38. The lowest BCUT2D eigenvalue weighted by Gasteiger charge is -2.32. The van der Waals surface area contributed by atoms with Crippen LogP contribution in [0.25, 0.3) is 11.3 Å². The van der Waals surface area contributed by atoms with E-state index in [0.29, 0.717) is 44.1 Å². The number of aromatic nitrogens is 2. The molecular weight excluding hydrogens is 709 g/mol. The summed E-state index contributed by atoms with van der Waals surface area (Å²) in [5.74, 6) is -6.26. The lowest BCUT2D eigenvalue weighted by Crippen LogP contribution is -2.50. The van der Waals surface area contributed by atoms with Gasteiger partial charge in [-0.25, -0.2) is 14.2 Å². The topological polar surface area (TPSA) is 179 Å². The van der Waals surface area contributed by atoms with Gasteiger partial charge in [0.2, 0.25) is 11.7 Å². The van der Waals surface area contributed by atoms with Crippen molar-refractivity contribution in [2.45, 2.75) is 19.0 Å². The maximum Gasteiger partial charge on any atom is 0.490 e. The molecule has 13 nitrogen and oxygen atoms in total. The standard InChI is InChI=1S/C30H30ClF2N7O4.C2HF3O2/c1-39-23(21-4-5-24(44-11-8-34)26(33)25(21)32)16-36-27(39)29(42)38-19-2-3-20(22(31)12-19)30(43)40-9-6-18(7-10-40)28(41)37-15-17-13-35-14-17;3-2(4,5)1(6)7/h2-5,12,16-18,35H,6-7,9-11,13-15H2,1H3,(H,37,41)(H,38,42);(H,6,7). The second-order valence-corrected chi connectivity index (χ2v) is 11.9. The van der Waals surface area contributed by atoms with Gasteiger partial charge in [-0.05, 0) is 43.2 Å². The summed E-state index contributed by atoms with van der Waals surface area (Å²) in [6.45, 7) is 2.92. The van der Waals surface area contributed by atoms with Crippen LogP contribution in [0.15, 0.2) is 36.5 Å². The van der Waals surface area contributed by atoms with Gasteiger partial charge < -0.3 is 35.3 Å². The van der Waals surface area contributed by atoms with Crippen molar-refractivity contribution in [1.82, 2.24) is 25.1 Å². The average molecular weight is 740 g/mol. The molecule has 272 valence electrons. The smallest absolute Gasteiger partial charge is 0.476 e. The van der Waals surface area contributed by atoms with E-state index in [4.69, 9.17) is 31.5 Å². The Bertz CT molecular complexity index is 1840. The predicted octanol–water partition coefficient (Wildman–Crippen LogP) is 3.99. The highest BCUT2D eigenvalue weighted by atomic mass is 35.5. The molecule has 0 spiro atoms. The number of carbonyl (C=O) groups excluding carboxylic acids is 3. The van der Waals surface area contributed by atoms with Gasteiger partial charge in [-0.3, -0.25) is 14.4 Å². The number of carboxylic acids is 1. The van der Waals surface area contributed by atoms with Crippen LogP contribution in [0.2, 0.25) is 5.02 Å². The number of halogens is 6. The Morgan fingerprint density at radius 3 is 2.35 bits per heavy atom. The van der Waals surface area contributed by atoms with Crippen molar-refractivity contribution in [1.29, 1.82) is 5.26 Å². The molecule has 3 aromatic rings. The highest BCUT2D eigenvalue weighted by molar-refractivity contribution is 6.34. The van der Waals surface area contributed by atoms with Crippen LogP contribution < -0.4 is 20.7 Å². The van der Waals surface area contributed by atoms with E-state index in [-0.39, 0.29) is 45.4 Å². The number of carboxylic acid groups (broad SMARTS) is 1. The number of benzene rings is 2. The fraction of sp³-hybridized carbons (Fsp3) is 0.375. The molecule has 2 saturated heterocycles. The van der Waals surface area contributed by atoms with Gasteiger partial charge in [0.15, 0.2) is 24.0 Å². The van der Waals surface area contributed by atoms with Crippen LogP contribution in [-0.2, 0) is 16.6 Å². The first-order valence-corrected chi connectivity index (χ1v) is 15.7. The van der Waals surface area contributed by atoms with Crippen molar-refractivity contribution < 1.29 is 51.0 Å². The number of carbonyl (C=O) groups is 4. The molecule has 2 aliphatic rings. The SMILES string of the molecule is Cn1c(-c2ccc(OCC#N)c(F)c2F)cnc1C(=O)Nc1ccc(C(=O)N2CCC(C(=O)NCC3CNC3)CC2)c(Cl)c1.O=C(O)C(F)(F)F. The first-order chi connectivity index (χ1) is 24.1. The van der Waals surface area contributed by atoms with Crippen molar-refractivity contribution in [2.75, 3.05) is 44.6 Å². The molecule has 2 fully saturated rings. The number of hydrogen-bond donors (Lipinski definition) is 4. The third-order valence-electron chi connectivity index (χ3n) is 8.09. The number of ether oxygens (including phenoxy) is 1. The van der Waals surface area contributed by atoms with Crippen molar-refractivity contribution in [3.63, 3.8) is 0 Å². The fourth-order valence-electron chi connectivity index (χ4n) is 5.17. The van der Waals surface area contributed by atoms with Crippen molar-refractivity contribution in [2.24, 2.45) is 18.9 Å². The molecule has 0 bridgehead atoms. The minimum atomic E-state index is -5.08. The molecule has 1 aromatic heterocycles. The Morgan fingerprint density at radius 2 is 1.78 bits per heavy atom. The molecule has 2 aliphatic heterocycles. The number of amides is 3. The van der Waals surface area contributed by atoms with Crippen LogP contribution in [-0.4, -0.2) is 88.8 Å². The number of likely N-dealkylation sites (tertiary alicyclic amines) is 1. The van der Waals surface area contributed by atoms with Gasteiger partial charge in [-0.1, -0.05) is 11.6 Å². The molecule has 2 aromatic carbocycles. The number of imidazole rings is 1. The summed E-state index contributed by atoms with van der Waals surface area (Å²) in [4.78, 5) is 53.3. The number of rotatable bonds is 9. The first-order valence-electron chi connectivity index (χ1n) is 15.3. The van der Waals surface area contributed by atoms with Gasteiger partial charge in [0.1, 0.15) is 6.07 Å². The molecular formula is C32H31ClF5N7O6. The number of aliphatic carboxylic acids is 1. The maximum absolute atomic E-state index is 14.8. The summed E-state index contributed by atoms with van der Waals surface area (Å²) in [7, 11) is 1.47. The number of hydrogen-bond acceptors (Lipinski definition) is 8. The van der Waals surface area contributed by atoms with Crippen molar-refractivity contribution >= 4 is 41.0 Å². The van der Waals surface area contributed by atoms with Gasteiger partial charge in [-0.2, -0.15) is 22.8 Å². The fourth-order valence-corrected chi connectivity index (χ4v) is 5.43. The summed E-state index contributed by atoms with van der Waals surface area (Å²) in [6.07, 6.45) is -2.73. The Morgan fingerprint density at radius 1 is 1.12 bits per heavy atom. The average Bonchev–Trinajstić information content (AvgIpc) is 3.45. The second-order valence-electron chi connectivity index (χ2n) is 11.5. The lowest BCUT2D eigenvalue weighted by molar-refractivity contribution is -0.192. The number of alkyl halides is 3. The zero-order chi connectivity index (χ0) is 37.5. The number of nitriles is 1. The monoisotopic (exact) mass is 739 g/mol. The van der Waals surface area contributed by atoms with Gasteiger partial charge in [-0.15, -0.1) is 0 Å². The zero-order valence-electron chi connectivity index (χ0n) is 26.8. The van der Waals surface area contributed by atoms with Gasteiger partial charge >= 0.3 is 12.1 Å². The Hall–Kier alpha value is -5.28. The van der Waals surface area contributed by atoms with E-state index in [1.165, 1.54) is 48.1 Å². The summed E-state index contributed by atoms with van der Waals surface area (Å²) >= 11 is 6.44. The predicted molar refractivity (Wildman–Crippen MR) is 171 cm³/mol. The number of piperidine rings is 1. The van der Waals surface area contributed by atoms with Crippen LogP contribution in [0.5, 0.6) is 5.75 Å². The van der Waals surface area contributed by atoms with Gasteiger partial charge in [0, 0.05) is 62.9 Å². The molecule has 3 amide bonds. The molecule has 5 rings (SSSR count). The largest absolute Gasteiger partial charge is 0.490 e. The quantitative estimate of drug-likeness (QED) is 0.236. The van der Waals surface area contributed by atoms with Gasteiger partial charge in [0.05, 0.1) is 22.5 Å². The first kappa shape index (κ1) is 38.5. The highest BCUT2D eigenvalue weighted by Crippen LogP contribution is 2.31. The van der Waals surface area contributed by atoms with Crippen LogP contribution in [0.1, 0.15) is 33.8 Å². The van der Waals surface area contributed by atoms with Crippen molar-refractivity contribution in [3.05, 3.63) is 64.6 Å². The third kappa shape index (κ3) is 9.49. The summed E-state index contributed by atoms with van der Waals surface area (Å²) < 4.78 is 67.1. The second kappa shape index (κ2) is 16.6. The summed E-state index contributed by atoms with van der Waals surface area (Å²) in [5.41, 5.74) is 0.551. The summed E-state index contributed by atoms with van der Waals surface area (Å²) in [5, 5.41) is 24.7. The Kier molecular flexibility index (Phi) is 12.6. The van der Waals surface area contributed by atoms with E-state index in [9.17, 15) is 36.3 Å². The molecule has 19 heteroatoms. The van der Waals surface area contributed by atoms with E-state index >= 15 is 0 Å². The molecule has 0 saturated carbocycles. The molecule has 0 aliphatic carbocycles. The van der Waals surface area contributed by atoms with Crippen molar-refractivity contribution in [3.8, 4) is 23.1 Å². The molecule has 4 N–H and O–H groups in total. The normalized spacial score (nSPS) is 14.7. The zero-order valence-corrected chi connectivity index (χ0v) is 27.6. The molecule has 3 heterocycles. The van der Waals surface area contributed by atoms with Gasteiger partial charge in [0.25, 0.3) is 11.8 Å². The van der Waals surface area contributed by atoms with Crippen LogP contribution in [0, 0.1) is 34.8 Å². The summed E-state index contributed by atoms with van der Waals surface area (Å²) in [6, 6.07) is 8.64. The van der Waals surface area contributed by atoms with E-state index in [1.54, 1.807) is 11.0 Å². The van der Waals surface area contributed by atoms with Crippen LogP contribution in [0.4, 0.5) is 27.6 Å². The minimum absolute atomic E-state index is 0.0266. The molecule has 0 radical (unpaired) electrons. The Balaban J connectivity index is 0.000000755. The molecule has 51 heavy (non-hydrogen) atoms. The van der Waals surface area contributed by atoms with E-state index < -0.39 is 42.0 Å². The Labute approximate surface area is 292 Å². The van der Waals surface area contributed by atoms with E-state index in [2.05, 4.69) is 20.9 Å². The number of nitrogens with zero attached hydrogens (tertiary/aromatic N) is 4. The van der Waals surface area contributed by atoms with E-state index in [0.717, 1.165) is 13.1 Å². The maximum atomic E-state index is 14.8. The number of anilines is 1. The van der Waals surface area contributed by atoms with Crippen LogP contribution in [0.3, 0.4) is 0 Å². The molecule has 0 atom stereocenters. The molecule has 0 unspecified atom stereocenters. The lowest BCUT2D eigenvalue weighted by atomic mass is 9.94. The number of nitrogens with one attached hydrogen (secondary N) is 3.